The Kier molecular flexibility index (Phi) is 6.12. The Balaban J connectivity index is 2.82. The molecule has 0 fully saturated rings. The molecule has 0 bridgehead atoms. The highest BCUT2D eigenvalue weighted by atomic mass is 16.5. The summed E-state index contributed by atoms with van der Waals surface area (Å²) in [5.41, 5.74) is 2.24. The first-order valence-electron chi connectivity index (χ1n) is 6.34. The van der Waals surface area contributed by atoms with Gasteiger partial charge in [-0.1, -0.05) is 24.6 Å². The number of aliphatic hydroxyl groups excluding tert-OH is 2. The molecule has 0 saturated heterocycles. The van der Waals surface area contributed by atoms with Crippen LogP contribution in [0.15, 0.2) is 18.2 Å². The quantitative estimate of drug-likeness (QED) is 0.687. The summed E-state index contributed by atoms with van der Waals surface area (Å²) < 4.78 is 5.56. The number of benzene rings is 1. The van der Waals surface area contributed by atoms with Crippen molar-refractivity contribution in [3.8, 4) is 5.75 Å². The van der Waals surface area contributed by atoms with Crippen molar-refractivity contribution in [2.75, 3.05) is 19.8 Å². The van der Waals surface area contributed by atoms with Crippen molar-refractivity contribution in [1.29, 1.82) is 0 Å². The Morgan fingerprint density at radius 3 is 2.72 bits per heavy atom. The predicted octanol–water partition coefficient (Wildman–Crippen LogP) is 1.40. The van der Waals surface area contributed by atoms with Gasteiger partial charge in [-0.2, -0.15) is 0 Å². The van der Waals surface area contributed by atoms with Gasteiger partial charge in [0.15, 0.2) is 0 Å². The van der Waals surface area contributed by atoms with Crippen LogP contribution in [0.25, 0.3) is 0 Å². The van der Waals surface area contributed by atoms with Gasteiger partial charge in [-0.25, -0.2) is 0 Å². The minimum Gasteiger partial charge on any atom is -0.490 e. The first-order valence-corrected chi connectivity index (χ1v) is 6.34. The maximum atomic E-state index is 9.32. The number of rotatable bonds is 7. The lowest BCUT2D eigenvalue weighted by atomic mass is 10.0. The van der Waals surface area contributed by atoms with E-state index in [1.165, 1.54) is 5.56 Å². The van der Waals surface area contributed by atoms with E-state index in [4.69, 9.17) is 9.84 Å². The molecule has 0 aliphatic heterocycles. The van der Waals surface area contributed by atoms with E-state index in [-0.39, 0.29) is 19.3 Å². The highest BCUT2D eigenvalue weighted by Crippen LogP contribution is 2.26. The minimum absolute atomic E-state index is 0.103. The largest absolute Gasteiger partial charge is 0.490 e. The lowest BCUT2D eigenvalue weighted by molar-refractivity contribution is 0.0531. The number of hydrogen-bond donors (Lipinski definition) is 3. The van der Waals surface area contributed by atoms with Gasteiger partial charge in [0.05, 0.1) is 6.61 Å². The molecule has 0 spiro atoms. The average molecular weight is 253 g/mol. The number of aliphatic hydroxyl groups is 2. The molecule has 0 saturated carbocycles. The van der Waals surface area contributed by atoms with E-state index in [1.54, 1.807) is 0 Å². The number of nitrogens with one attached hydrogen (secondary N) is 1. The molecule has 0 amide bonds. The SMILES string of the molecule is CCNC(C)c1cc(C)ccc1OCC(O)CO. The normalized spacial score (nSPS) is 14.3. The molecular weight excluding hydrogens is 230 g/mol. The van der Waals surface area contributed by atoms with Gasteiger partial charge in [-0.3, -0.25) is 0 Å². The fourth-order valence-corrected chi connectivity index (χ4v) is 1.79. The number of hydrogen-bond acceptors (Lipinski definition) is 4. The van der Waals surface area contributed by atoms with E-state index in [0.29, 0.717) is 0 Å². The van der Waals surface area contributed by atoms with Crippen LogP contribution in [0.3, 0.4) is 0 Å². The van der Waals surface area contributed by atoms with Crippen molar-refractivity contribution in [1.82, 2.24) is 5.32 Å². The van der Waals surface area contributed by atoms with Gasteiger partial charge in [-0.05, 0) is 26.5 Å². The van der Waals surface area contributed by atoms with E-state index in [0.717, 1.165) is 17.9 Å². The van der Waals surface area contributed by atoms with Crippen LogP contribution in [0.4, 0.5) is 0 Å². The molecule has 1 rings (SSSR count). The van der Waals surface area contributed by atoms with Crippen molar-refractivity contribution >= 4 is 0 Å². The third kappa shape index (κ3) is 4.29. The Bertz CT molecular complexity index is 368. The second-order valence-electron chi connectivity index (χ2n) is 4.47. The highest BCUT2D eigenvalue weighted by Gasteiger charge is 2.12. The minimum atomic E-state index is -0.839. The van der Waals surface area contributed by atoms with Crippen LogP contribution in [0.1, 0.15) is 31.0 Å². The lowest BCUT2D eigenvalue weighted by Crippen LogP contribution is -2.23. The van der Waals surface area contributed by atoms with Crippen molar-refractivity contribution in [3.63, 3.8) is 0 Å². The topological polar surface area (TPSA) is 61.7 Å². The van der Waals surface area contributed by atoms with Crippen LogP contribution < -0.4 is 10.1 Å². The molecule has 2 atom stereocenters. The standard InChI is InChI=1S/C14H23NO3/c1-4-15-11(3)13-7-10(2)5-6-14(13)18-9-12(17)8-16/h5-7,11-12,15-17H,4,8-9H2,1-3H3. The van der Waals surface area contributed by atoms with E-state index < -0.39 is 6.10 Å². The third-order valence-electron chi connectivity index (χ3n) is 2.78. The summed E-state index contributed by atoms with van der Waals surface area (Å²) in [6, 6.07) is 6.15. The van der Waals surface area contributed by atoms with Crippen LogP contribution in [-0.4, -0.2) is 36.1 Å². The maximum Gasteiger partial charge on any atom is 0.124 e. The Morgan fingerprint density at radius 2 is 2.11 bits per heavy atom. The van der Waals surface area contributed by atoms with Crippen LogP contribution in [-0.2, 0) is 0 Å². The van der Waals surface area contributed by atoms with Crippen LogP contribution in [0.5, 0.6) is 5.75 Å². The summed E-state index contributed by atoms with van der Waals surface area (Å²) in [5, 5.41) is 21.4. The summed E-state index contributed by atoms with van der Waals surface area (Å²) in [5.74, 6) is 0.751. The van der Waals surface area contributed by atoms with Crippen molar-refractivity contribution in [2.24, 2.45) is 0 Å². The molecule has 0 aliphatic carbocycles. The molecule has 4 heteroatoms. The predicted molar refractivity (Wildman–Crippen MR) is 71.9 cm³/mol. The monoisotopic (exact) mass is 253 g/mol. The van der Waals surface area contributed by atoms with Gasteiger partial charge in [0.1, 0.15) is 18.5 Å². The van der Waals surface area contributed by atoms with Gasteiger partial charge in [0.25, 0.3) is 0 Å². The molecular formula is C14H23NO3. The molecule has 18 heavy (non-hydrogen) atoms. The zero-order chi connectivity index (χ0) is 13.5. The number of ether oxygens (including phenoxy) is 1. The first-order chi connectivity index (χ1) is 8.58. The summed E-state index contributed by atoms with van der Waals surface area (Å²) in [6.07, 6.45) is -0.839. The van der Waals surface area contributed by atoms with Gasteiger partial charge in [0, 0.05) is 11.6 Å². The summed E-state index contributed by atoms with van der Waals surface area (Å²) >= 11 is 0. The molecule has 1 aromatic rings. The summed E-state index contributed by atoms with van der Waals surface area (Å²) in [6.45, 7) is 6.87. The zero-order valence-electron chi connectivity index (χ0n) is 11.3. The molecule has 0 aromatic heterocycles. The summed E-state index contributed by atoms with van der Waals surface area (Å²) in [7, 11) is 0. The molecule has 0 radical (unpaired) electrons. The number of aryl methyl sites for hydroxylation is 1. The average Bonchev–Trinajstić information content (AvgIpc) is 2.37. The Morgan fingerprint density at radius 1 is 1.39 bits per heavy atom. The van der Waals surface area contributed by atoms with E-state index >= 15 is 0 Å². The fraction of sp³-hybridized carbons (Fsp3) is 0.571. The first kappa shape index (κ1) is 15.0. The molecule has 0 aliphatic rings. The molecule has 102 valence electrons. The smallest absolute Gasteiger partial charge is 0.124 e. The van der Waals surface area contributed by atoms with Gasteiger partial charge in [0.2, 0.25) is 0 Å². The van der Waals surface area contributed by atoms with Crippen LogP contribution >= 0.6 is 0 Å². The Labute approximate surface area is 109 Å². The second kappa shape index (κ2) is 7.36. The molecule has 2 unspecified atom stereocenters. The van der Waals surface area contributed by atoms with E-state index in [9.17, 15) is 5.11 Å². The van der Waals surface area contributed by atoms with Gasteiger partial charge >= 0.3 is 0 Å². The zero-order valence-corrected chi connectivity index (χ0v) is 11.3. The molecule has 1 aromatic carbocycles. The lowest BCUT2D eigenvalue weighted by Gasteiger charge is -2.19. The van der Waals surface area contributed by atoms with Crippen molar-refractivity contribution in [3.05, 3.63) is 29.3 Å². The van der Waals surface area contributed by atoms with Crippen molar-refractivity contribution in [2.45, 2.75) is 32.9 Å². The van der Waals surface area contributed by atoms with Crippen molar-refractivity contribution < 1.29 is 14.9 Å². The Hall–Kier alpha value is -1.10. The van der Waals surface area contributed by atoms with E-state index in [1.807, 2.05) is 19.1 Å². The highest BCUT2D eigenvalue weighted by molar-refractivity contribution is 5.39. The van der Waals surface area contributed by atoms with E-state index in [2.05, 4.69) is 25.2 Å². The van der Waals surface area contributed by atoms with Crippen LogP contribution in [0.2, 0.25) is 0 Å². The van der Waals surface area contributed by atoms with Crippen LogP contribution in [0, 0.1) is 6.92 Å². The van der Waals surface area contributed by atoms with Gasteiger partial charge in [-0.15, -0.1) is 0 Å². The third-order valence-corrected chi connectivity index (χ3v) is 2.78. The van der Waals surface area contributed by atoms with Gasteiger partial charge < -0.3 is 20.3 Å². The second-order valence-corrected chi connectivity index (χ2v) is 4.47. The maximum absolute atomic E-state index is 9.32. The summed E-state index contributed by atoms with van der Waals surface area (Å²) in [4.78, 5) is 0. The molecule has 3 N–H and O–H groups in total. The fourth-order valence-electron chi connectivity index (χ4n) is 1.79. The molecule has 4 nitrogen and oxygen atoms in total. The molecule has 0 heterocycles.